The van der Waals surface area contributed by atoms with Crippen molar-refractivity contribution in [3.63, 3.8) is 0 Å². The summed E-state index contributed by atoms with van der Waals surface area (Å²) in [5.74, 6) is 0.347. The van der Waals surface area contributed by atoms with Crippen LogP contribution in [-0.4, -0.2) is 16.0 Å². The number of ketones is 1. The number of H-pyrrole nitrogens is 1. The molecule has 0 bridgehead atoms. The fourth-order valence-corrected chi connectivity index (χ4v) is 2.33. The first-order valence-corrected chi connectivity index (χ1v) is 4.82. The molecule has 2 aliphatic carbocycles. The Hall–Kier alpha value is -1.12. The molecule has 2 aliphatic rings. The van der Waals surface area contributed by atoms with Crippen molar-refractivity contribution in [2.24, 2.45) is 5.41 Å². The van der Waals surface area contributed by atoms with Gasteiger partial charge in [0.15, 0.2) is 5.78 Å². The lowest BCUT2D eigenvalue weighted by Gasteiger charge is -2.19. The highest BCUT2D eigenvalue weighted by molar-refractivity contribution is 6.04. The van der Waals surface area contributed by atoms with Gasteiger partial charge in [-0.2, -0.15) is 5.10 Å². The molecule has 0 saturated heterocycles. The van der Waals surface area contributed by atoms with E-state index >= 15 is 0 Å². The summed E-state index contributed by atoms with van der Waals surface area (Å²) >= 11 is 0. The van der Waals surface area contributed by atoms with Gasteiger partial charge < -0.3 is 0 Å². The Morgan fingerprint density at radius 3 is 2.85 bits per heavy atom. The van der Waals surface area contributed by atoms with Crippen molar-refractivity contribution >= 4 is 5.78 Å². The second-order valence-electron chi connectivity index (χ2n) is 4.28. The summed E-state index contributed by atoms with van der Waals surface area (Å²) in [6.45, 7) is 1.94. The van der Waals surface area contributed by atoms with Gasteiger partial charge in [-0.05, 0) is 32.6 Å². The molecular weight excluding hydrogens is 164 g/mol. The fraction of sp³-hybridized carbons (Fsp3) is 0.600. The topological polar surface area (TPSA) is 45.8 Å². The number of rotatable bonds is 0. The highest BCUT2D eigenvalue weighted by Crippen LogP contribution is 2.54. The maximum absolute atomic E-state index is 12.0. The average molecular weight is 176 g/mol. The van der Waals surface area contributed by atoms with Crippen LogP contribution in [0, 0.1) is 12.3 Å². The molecule has 0 aliphatic heterocycles. The van der Waals surface area contributed by atoms with E-state index in [9.17, 15) is 4.79 Å². The van der Waals surface area contributed by atoms with Gasteiger partial charge in [-0.25, -0.2) is 0 Å². The number of nitrogens with zero attached hydrogens (tertiary/aromatic N) is 1. The normalized spacial score (nSPS) is 23.3. The van der Waals surface area contributed by atoms with Crippen molar-refractivity contribution in [3.05, 3.63) is 17.0 Å². The number of fused-ring (bicyclic) bond motifs is 1. The Labute approximate surface area is 76.5 Å². The maximum Gasteiger partial charge on any atom is 0.172 e. The third-order valence-corrected chi connectivity index (χ3v) is 3.42. The number of carbonyl (C=O) groups excluding carboxylic acids is 1. The monoisotopic (exact) mass is 176 g/mol. The summed E-state index contributed by atoms with van der Waals surface area (Å²) in [5, 5.41) is 7.06. The molecule has 3 nitrogen and oxygen atoms in total. The van der Waals surface area contributed by atoms with Crippen LogP contribution in [0.3, 0.4) is 0 Å². The van der Waals surface area contributed by atoms with Gasteiger partial charge in [0.25, 0.3) is 0 Å². The summed E-state index contributed by atoms with van der Waals surface area (Å²) in [6.07, 6.45) is 4.18. The standard InChI is InChI=1S/C10H12N2O/c1-6-8-7(12-11-6)2-3-10(4-5-10)9(8)13/h2-5H2,1H3,(H,11,12). The van der Waals surface area contributed by atoms with Crippen LogP contribution < -0.4 is 0 Å². The number of aryl methyl sites for hydroxylation is 2. The molecule has 68 valence electrons. The summed E-state index contributed by atoms with van der Waals surface area (Å²) in [7, 11) is 0. The minimum Gasteiger partial charge on any atom is -0.293 e. The number of nitrogens with one attached hydrogen (secondary N) is 1. The van der Waals surface area contributed by atoms with E-state index in [2.05, 4.69) is 10.2 Å². The van der Waals surface area contributed by atoms with Crippen LogP contribution in [0.5, 0.6) is 0 Å². The van der Waals surface area contributed by atoms with Gasteiger partial charge >= 0.3 is 0 Å². The third kappa shape index (κ3) is 0.794. The molecule has 1 aromatic rings. The summed E-state index contributed by atoms with van der Waals surface area (Å²) in [5.41, 5.74) is 2.87. The van der Waals surface area contributed by atoms with Crippen LogP contribution >= 0.6 is 0 Å². The van der Waals surface area contributed by atoms with E-state index in [1.165, 1.54) is 0 Å². The van der Waals surface area contributed by atoms with E-state index in [0.717, 1.165) is 42.6 Å². The predicted molar refractivity (Wildman–Crippen MR) is 47.6 cm³/mol. The molecule has 3 heteroatoms. The highest BCUT2D eigenvalue weighted by Gasteiger charge is 2.52. The molecule has 0 amide bonds. The molecule has 0 aromatic carbocycles. The van der Waals surface area contributed by atoms with Crippen molar-refractivity contribution in [2.75, 3.05) is 0 Å². The number of carbonyl (C=O) groups is 1. The summed E-state index contributed by atoms with van der Waals surface area (Å²) < 4.78 is 0. The quantitative estimate of drug-likeness (QED) is 0.653. The molecular formula is C10H12N2O. The molecule has 1 heterocycles. The molecule has 3 rings (SSSR count). The van der Waals surface area contributed by atoms with Gasteiger partial charge in [0.1, 0.15) is 0 Å². The van der Waals surface area contributed by atoms with E-state index in [1.54, 1.807) is 0 Å². The van der Waals surface area contributed by atoms with Crippen LogP contribution in [0.25, 0.3) is 0 Å². The second-order valence-corrected chi connectivity index (χ2v) is 4.28. The second kappa shape index (κ2) is 2.03. The zero-order chi connectivity index (χ0) is 9.05. The molecule has 0 radical (unpaired) electrons. The summed E-state index contributed by atoms with van der Waals surface area (Å²) in [6, 6.07) is 0. The zero-order valence-corrected chi connectivity index (χ0v) is 7.68. The van der Waals surface area contributed by atoms with Gasteiger partial charge in [0.05, 0.1) is 11.3 Å². The van der Waals surface area contributed by atoms with E-state index in [0.29, 0.717) is 5.78 Å². The summed E-state index contributed by atoms with van der Waals surface area (Å²) in [4.78, 5) is 12.0. The highest BCUT2D eigenvalue weighted by atomic mass is 16.1. The Kier molecular flexibility index (Phi) is 1.14. The van der Waals surface area contributed by atoms with Gasteiger partial charge in [-0.15, -0.1) is 0 Å². The van der Waals surface area contributed by atoms with E-state index in [4.69, 9.17) is 0 Å². The number of aromatic nitrogens is 2. The van der Waals surface area contributed by atoms with Crippen molar-refractivity contribution in [2.45, 2.75) is 32.6 Å². The lowest BCUT2D eigenvalue weighted by molar-refractivity contribution is 0.0879. The van der Waals surface area contributed by atoms with Crippen LogP contribution in [0.15, 0.2) is 0 Å². The molecule has 1 spiro atoms. The zero-order valence-electron chi connectivity index (χ0n) is 7.68. The number of aromatic amines is 1. The van der Waals surface area contributed by atoms with Crippen LogP contribution in [-0.2, 0) is 6.42 Å². The first-order valence-electron chi connectivity index (χ1n) is 4.82. The van der Waals surface area contributed by atoms with Crippen molar-refractivity contribution < 1.29 is 4.79 Å². The Morgan fingerprint density at radius 1 is 1.38 bits per heavy atom. The van der Waals surface area contributed by atoms with Gasteiger partial charge in [-0.1, -0.05) is 0 Å². The fourth-order valence-electron chi connectivity index (χ4n) is 2.33. The predicted octanol–water partition coefficient (Wildman–Crippen LogP) is 1.63. The maximum atomic E-state index is 12.0. The lowest BCUT2D eigenvalue weighted by atomic mass is 9.83. The smallest absolute Gasteiger partial charge is 0.172 e. The number of Topliss-reactive ketones (excluding diaryl/α,β-unsaturated/α-hetero) is 1. The Morgan fingerprint density at radius 2 is 2.15 bits per heavy atom. The van der Waals surface area contributed by atoms with Crippen LogP contribution in [0.2, 0.25) is 0 Å². The van der Waals surface area contributed by atoms with E-state index in [1.807, 2.05) is 6.92 Å². The number of hydrogen-bond acceptors (Lipinski definition) is 2. The van der Waals surface area contributed by atoms with E-state index < -0.39 is 0 Å². The average Bonchev–Trinajstić information content (AvgIpc) is 2.80. The molecule has 1 aromatic heterocycles. The molecule has 1 saturated carbocycles. The van der Waals surface area contributed by atoms with Gasteiger partial charge in [-0.3, -0.25) is 9.89 Å². The number of hydrogen-bond donors (Lipinski definition) is 1. The van der Waals surface area contributed by atoms with Crippen LogP contribution in [0.4, 0.5) is 0 Å². The SMILES string of the molecule is Cc1[nH]nc2c1C(=O)C1(CC2)CC1. The van der Waals surface area contributed by atoms with E-state index in [-0.39, 0.29) is 5.41 Å². The minimum atomic E-state index is 0.0433. The van der Waals surface area contributed by atoms with Crippen molar-refractivity contribution in [1.29, 1.82) is 0 Å². The van der Waals surface area contributed by atoms with Gasteiger partial charge in [0, 0.05) is 11.1 Å². The largest absolute Gasteiger partial charge is 0.293 e. The lowest BCUT2D eigenvalue weighted by Crippen LogP contribution is -2.23. The molecule has 13 heavy (non-hydrogen) atoms. The van der Waals surface area contributed by atoms with Crippen LogP contribution in [0.1, 0.15) is 41.0 Å². The Balaban J connectivity index is 2.16. The molecule has 0 atom stereocenters. The molecule has 0 unspecified atom stereocenters. The minimum absolute atomic E-state index is 0.0433. The van der Waals surface area contributed by atoms with Gasteiger partial charge in [0.2, 0.25) is 0 Å². The molecule has 1 N–H and O–H groups in total. The Bertz CT molecular complexity index is 388. The molecule has 1 fully saturated rings. The third-order valence-electron chi connectivity index (χ3n) is 3.42. The van der Waals surface area contributed by atoms with Crippen molar-refractivity contribution in [3.8, 4) is 0 Å². The van der Waals surface area contributed by atoms with Crippen molar-refractivity contribution in [1.82, 2.24) is 10.2 Å². The first-order chi connectivity index (χ1) is 6.23. The first kappa shape index (κ1) is 7.30.